The van der Waals surface area contributed by atoms with E-state index in [-0.39, 0.29) is 57.7 Å². The second-order valence-electron chi connectivity index (χ2n) is 11.2. The van der Waals surface area contributed by atoms with Crippen LogP contribution in [0.25, 0.3) is 21.9 Å². The number of hydrogen-bond acceptors (Lipinski definition) is 10. The number of ketones is 1. The Morgan fingerprint density at radius 3 is 2.64 bits per heavy atom. The van der Waals surface area contributed by atoms with Crippen molar-refractivity contribution in [2.24, 2.45) is 5.92 Å². The minimum atomic E-state index is -1.19. The number of Topliss-reactive ketones (excluding diaryl/α,β-unsaturated/α-hetero) is 1. The zero-order valence-corrected chi connectivity index (χ0v) is 23.8. The van der Waals surface area contributed by atoms with E-state index >= 15 is 0 Å². The summed E-state index contributed by atoms with van der Waals surface area (Å²) in [5.74, 6) is 3.72. The minimum absolute atomic E-state index is 0.00712. The number of fused-ring (bicyclic) bond motifs is 6. The Morgan fingerprint density at radius 2 is 1.93 bits per heavy atom. The lowest BCUT2D eigenvalue weighted by Gasteiger charge is -2.42. The van der Waals surface area contributed by atoms with Gasteiger partial charge in [0.05, 0.1) is 28.5 Å². The number of nitrogen functional groups attached to an aromatic ring is 1. The maximum absolute atomic E-state index is 14.0. The van der Waals surface area contributed by atoms with Crippen LogP contribution in [0.4, 0.5) is 0 Å². The molecule has 1 aromatic heterocycles. The molecule has 42 heavy (non-hydrogen) atoms. The number of carbonyl (C=O) groups is 1. The quantitative estimate of drug-likeness (QED) is 0.260. The monoisotopic (exact) mass is 596 g/mol. The van der Waals surface area contributed by atoms with Gasteiger partial charge in [0.15, 0.2) is 24.1 Å². The molecule has 2 aliphatic carbocycles. The summed E-state index contributed by atoms with van der Waals surface area (Å²) in [6.07, 6.45) is 0.620. The molecule has 0 fully saturated rings. The Balaban J connectivity index is 1.55. The highest BCUT2D eigenvalue weighted by Gasteiger charge is 2.51. The third kappa shape index (κ3) is 3.39. The summed E-state index contributed by atoms with van der Waals surface area (Å²) in [5.41, 5.74) is 0.611. The van der Waals surface area contributed by atoms with Crippen LogP contribution in [0, 0.1) is 5.92 Å². The molecule has 6 atom stereocenters. The van der Waals surface area contributed by atoms with Crippen molar-refractivity contribution >= 4 is 28.2 Å². The molecule has 12 heteroatoms. The summed E-state index contributed by atoms with van der Waals surface area (Å²) < 4.78 is 24.6. The lowest BCUT2D eigenvalue weighted by Crippen LogP contribution is -2.52. The number of ether oxygens (including phenoxy) is 4. The Bertz CT molecular complexity index is 1800. The zero-order valence-electron chi connectivity index (χ0n) is 23.0. The highest BCUT2D eigenvalue weighted by Crippen LogP contribution is 2.61. The molecule has 0 spiro atoms. The number of aromatic nitrogens is 1. The number of nitrogens with two attached hydrogens (primary N) is 1. The third-order valence-corrected chi connectivity index (χ3v) is 9.57. The molecule has 0 bridgehead atoms. The molecule has 0 amide bonds. The largest absolute Gasteiger partial charge is 0.506 e. The van der Waals surface area contributed by atoms with E-state index in [0.717, 1.165) is 11.1 Å². The summed E-state index contributed by atoms with van der Waals surface area (Å²) in [7, 11) is 1.47. The van der Waals surface area contributed by atoms with Gasteiger partial charge in [0, 0.05) is 41.3 Å². The molecule has 4 aliphatic rings. The average molecular weight is 597 g/mol. The van der Waals surface area contributed by atoms with Crippen LogP contribution in [0.5, 0.6) is 23.0 Å². The number of benzene rings is 2. The van der Waals surface area contributed by atoms with E-state index in [1.54, 1.807) is 12.1 Å². The lowest BCUT2D eigenvalue weighted by atomic mass is 9.75. The molecule has 0 unspecified atom stereocenters. The van der Waals surface area contributed by atoms with Crippen molar-refractivity contribution in [3.05, 3.63) is 56.0 Å². The first-order valence-corrected chi connectivity index (χ1v) is 14.1. The summed E-state index contributed by atoms with van der Waals surface area (Å²) in [6.45, 7) is 3.73. The van der Waals surface area contributed by atoms with Crippen LogP contribution in [0.1, 0.15) is 59.5 Å². The molecule has 3 aromatic rings. The Morgan fingerprint density at radius 1 is 1.17 bits per heavy atom. The molecular weight excluding hydrogens is 568 g/mol. The fourth-order valence-corrected chi connectivity index (χ4v) is 7.13. The predicted molar refractivity (Wildman–Crippen MR) is 152 cm³/mol. The van der Waals surface area contributed by atoms with E-state index in [2.05, 4.69) is 0 Å². The van der Waals surface area contributed by atoms with Crippen LogP contribution in [-0.4, -0.2) is 58.0 Å². The van der Waals surface area contributed by atoms with E-state index in [4.69, 9.17) is 36.4 Å². The van der Waals surface area contributed by atoms with Crippen molar-refractivity contribution in [2.45, 2.75) is 57.0 Å². The molecule has 0 saturated heterocycles. The molecule has 2 aromatic carbocycles. The number of nitrogens with zero attached hydrogens (tertiary/aromatic N) is 1. The molecule has 2 aliphatic heterocycles. The second-order valence-corrected chi connectivity index (χ2v) is 11.6. The van der Waals surface area contributed by atoms with Crippen LogP contribution in [-0.2, 0) is 15.9 Å². The van der Waals surface area contributed by atoms with Crippen molar-refractivity contribution in [1.29, 1.82) is 0 Å². The highest BCUT2D eigenvalue weighted by molar-refractivity contribution is 6.37. The van der Waals surface area contributed by atoms with Gasteiger partial charge in [0.2, 0.25) is 0 Å². The first-order valence-electron chi connectivity index (χ1n) is 13.8. The van der Waals surface area contributed by atoms with Gasteiger partial charge in [0.1, 0.15) is 29.3 Å². The van der Waals surface area contributed by atoms with Crippen molar-refractivity contribution in [2.75, 3.05) is 19.7 Å². The number of aromatic hydroxyl groups is 2. The summed E-state index contributed by atoms with van der Waals surface area (Å²) >= 11 is 6.97. The highest BCUT2D eigenvalue weighted by atomic mass is 35.5. The number of hydrogen-bond donors (Lipinski definition) is 4. The number of aliphatic hydroxyl groups excluding tert-OH is 1. The first kappa shape index (κ1) is 27.1. The van der Waals surface area contributed by atoms with Gasteiger partial charge in [-0.1, -0.05) is 37.6 Å². The Labute approximate surface area is 244 Å². The summed E-state index contributed by atoms with van der Waals surface area (Å²) in [5, 5.41) is 34.7. The van der Waals surface area contributed by atoms with E-state index in [1.807, 2.05) is 13.8 Å². The van der Waals surface area contributed by atoms with E-state index in [0.29, 0.717) is 22.2 Å². The lowest BCUT2D eigenvalue weighted by molar-refractivity contribution is -0.0675. The molecule has 0 radical (unpaired) electrons. The smallest absolute Gasteiger partial charge is 0.280 e. The fraction of sp³-hybridized carbons (Fsp3) is 0.400. The zero-order chi connectivity index (χ0) is 29.8. The van der Waals surface area contributed by atoms with Crippen LogP contribution in [0.15, 0.2) is 23.0 Å². The topological polar surface area (TPSA) is 163 Å². The van der Waals surface area contributed by atoms with Crippen LogP contribution < -0.4 is 20.9 Å². The molecule has 0 saturated carbocycles. The van der Waals surface area contributed by atoms with Gasteiger partial charge in [0.25, 0.3) is 5.56 Å². The molecule has 3 heterocycles. The Kier molecular flexibility index (Phi) is 6.04. The maximum Gasteiger partial charge on any atom is 0.280 e. The second kappa shape index (κ2) is 9.37. The molecule has 220 valence electrons. The van der Waals surface area contributed by atoms with Crippen LogP contribution in [0.2, 0.25) is 5.02 Å². The number of methoxy groups -OCH3 is 1. The third-order valence-electron chi connectivity index (χ3n) is 9.14. The van der Waals surface area contributed by atoms with Gasteiger partial charge >= 0.3 is 0 Å². The first-order chi connectivity index (χ1) is 20.1. The van der Waals surface area contributed by atoms with Gasteiger partial charge < -0.3 is 40.1 Å². The summed E-state index contributed by atoms with van der Waals surface area (Å²) in [6, 6.07) is 1.70. The number of halogens is 1. The number of phenolic OH excluding ortho intramolecular Hbond substituents is 2. The van der Waals surface area contributed by atoms with Gasteiger partial charge in [-0.2, -0.15) is 0 Å². The minimum Gasteiger partial charge on any atom is -0.506 e. The summed E-state index contributed by atoms with van der Waals surface area (Å²) in [4.78, 5) is 27.5. The molecule has 7 rings (SSSR count). The molecule has 5 N–H and O–H groups in total. The fourth-order valence-electron chi connectivity index (χ4n) is 6.80. The van der Waals surface area contributed by atoms with Crippen molar-refractivity contribution in [1.82, 2.24) is 4.68 Å². The Hall–Kier alpha value is -3.77. The van der Waals surface area contributed by atoms with E-state index in [1.165, 1.54) is 13.2 Å². The van der Waals surface area contributed by atoms with Gasteiger partial charge in [-0.05, 0) is 24.0 Å². The number of carbonyl (C=O) groups excluding carboxylic acids is 1. The normalized spacial score (nSPS) is 26.0. The maximum atomic E-state index is 14.0. The number of aliphatic hydroxyl groups is 1. The number of phenols is 2. The van der Waals surface area contributed by atoms with Crippen LogP contribution in [0.3, 0.4) is 0 Å². The number of pyridine rings is 1. The number of rotatable bonds is 3. The molecule has 11 nitrogen and oxygen atoms in total. The molecular formula is C30H29ClN2O9. The standard InChI is InChI=1S/C30H29ClN2O9/c1-4-10(2)13-7-11-18(30(38)33(13)32)24(35)17-12(23(11)31)8-16-20-21(17)26(37)22-25(36)19-14(34)5-6-15(39-3)27(19)42-29(22)28(20)41-9-40-16/h5-7,10,14-16,19,27,34-35,37H,4,8-9,32H2,1-3H3/t10-,14+,15-,16-,19-,27+/m1/s1. The van der Waals surface area contributed by atoms with Gasteiger partial charge in [-0.3, -0.25) is 9.59 Å². The van der Waals surface area contributed by atoms with Crippen molar-refractivity contribution in [3.8, 4) is 34.1 Å². The van der Waals surface area contributed by atoms with Crippen molar-refractivity contribution < 1.29 is 39.1 Å². The van der Waals surface area contributed by atoms with Crippen LogP contribution >= 0.6 is 11.6 Å². The SMILES string of the molecule is CC[C@@H](C)c1cc2c(Cl)c3c(c(O)c2c(=O)n1N)-c1c(O)c2c(c4c1[C@@H](C3)OCO4)O[C@@H]1[C@@H](C2=O)[C@@H](O)C=C[C@H]1OC. The average Bonchev–Trinajstić information content (AvgIpc) is 2.98. The van der Waals surface area contributed by atoms with Crippen molar-refractivity contribution in [3.63, 3.8) is 0 Å². The van der Waals surface area contributed by atoms with Gasteiger partial charge in [-0.15, -0.1) is 0 Å². The predicted octanol–water partition coefficient (Wildman–Crippen LogP) is 3.43. The van der Waals surface area contributed by atoms with E-state index < -0.39 is 53.2 Å². The van der Waals surface area contributed by atoms with E-state index in [9.17, 15) is 24.9 Å². The van der Waals surface area contributed by atoms with Gasteiger partial charge in [-0.25, -0.2) is 4.68 Å².